The van der Waals surface area contributed by atoms with Crippen molar-refractivity contribution >= 4 is 17.2 Å². The van der Waals surface area contributed by atoms with Crippen LogP contribution in [0.2, 0.25) is 0 Å². The molecule has 5 heteroatoms. The molecule has 0 saturated carbocycles. The highest BCUT2D eigenvalue weighted by atomic mass is 32.1. The lowest BCUT2D eigenvalue weighted by atomic mass is 10.1. The number of thiazole rings is 1. The Hall–Kier alpha value is -2.40. The van der Waals surface area contributed by atoms with Crippen LogP contribution in [-0.4, -0.2) is 22.0 Å². The number of hydrogen-bond donors (Lipinski definition) is 1. The highest BCUT2D eigenvalue weighted by molar-refractivity contribution is 7.14. The average molecular weight is 325 g/mol. The van der Waals surface area contributed by atoms with Gasteiger partial charge >= 0.3 is 0 Å². The third kappa shape index (κ3) is 4.53. The zero-order chi connectivity index (χ0) is 15.9. The lowest BCUT2D eigenvalue weighted by molar-refractivity contribution is -0.120. The van der Waals surface area contributed by atoms with Gasteiger partial charge in [-0.05, 0) is 30.5 Å². The Labute approximate surface area is 139 Å². The molecular weight excluding hydrogens is 306 g/mol. The second kappa shape index (κ2) is 7.74. The molecule has 0 aliphatic rings. The van der Waals surface area contributed by atoms with E-state index >= 15 is 0 Å². The van der Waals surface area contributed by atoms with Gasteiger partial charge in [0.25, 0.3) is 0 Å². The van der Waals surface area contributed by atoms with Crippen molar-refractivity contribution in [3.05, 3.63) is 71.5 Å². The van der Waals surface area contributed by atoms with Crippen molar-refractivity contribution in [3.8, 4) is 5.13 Å². The number of carbonyl (C=O) groups is 1. The topological polar surface area (TPSA) is 46.9 Å². The second-order valence-corrected chi connectivity index (χ2v) is 6.41. The van der Waals surface area contributed by atoms with E-state index in [1.807, 2.05) is 47.3 Å². The summed E-state index contributed by atoms with van der Waals surface area (Å²) in [6.45, 7) is 0.705. The highest BCUT2D eigenvalue weighted by Gasteiger charge is 2.08. The zero-order valence-corrected chi connectivity index (χ0v) is 13.6. The molecule has 1 aromatic carbocycles. The van der Waals surface area contributed by atoms with Crippen molar-refractivity contribution in [1.82, 2.24) is 14.9 Å². The summed E-state index contributed by atoms with van der Waals surface area (Å²) in [5, 5.41) is 3.87. The molecule has 3 rings (SSSR count). The number of nitrogens with one attached hydrogen (secondary N) is 1. The molecule has 0 atom stereocenters. The van der Waals surface area contributed by atoms with Crippen molar-refractivity contribution in [1.29, 1.82) is 0 Å². The van der Waals surface area contributed by atoms with Crippen LogP contribution in [0.1, 0.15) is 16.9 Å². The number of benzene rings is 1. The summed E-state index contributed by atoms with van der Waals surface area (Å²) in [6.07, 6.45) is 8.01. The van der Waals surface area contributed by atoms with Crippen LogP contribution in [-0.2, 0) is 17.6 Å². The van der Waals surface area contributed by atoms with Crippen LogP contribution >= 0.6 is 11.3 Å². The Morgan fingerprint density at radius 1 is 1.13 bits per heavy atom. The van der Waals surface area contributed by atoms with Gasteiger partial charge in [0.2, 0.25) is 5.91 Å². The number of nitrogens with zero attached hydrogens (tertiary/aromatic N) is 2. The molecule has 23 heavy (non-hydrogen) atoms. The van der Waals surface area contributed by atoms with Crippen molar-refractivity contribution in [2.24, 2.45) is 0 Å². The van der Waals surface area contributed by atoms with Crippen molar-refractivity contribution < 1.29 is 4.79 Å². The highest BCUT2D eigenvalue weighted by Crippen LogP contribution is 2.17. The fourth-order valence-electron chi connectivity index (χ4n) is 2.35. The van der Waals surface area contributed by atoms with Gasteiger partial charge in [-0.3, -0.25) is 4.79 Å². The van der Waals surface area contributed by atoms with Gasteiger partial charge in [-0.25, -0.2) is 4.98 Å². The lowest BCUT2D eigenvalue weighted by Crippen LogP contribution is -2.26. The van der Waals surface area contributed by atoms with Crippen LogP contribution in [0.5, 0.6) is 0 Å². The molecule has 4 nitrogen and oxygen atoms in total. The number of rotatable bonds is 7. The van der Waals surface area contributed by atoms with E-state index < -0.39 is 0 Å². The van der Waals surface area contributed by atoms with Gasteiger partial charge in [-0.15, -0.1) is 11.3 Å². The Morgan fingerprint density at radius 3 is 2.70 bits per heavy atom. The minimum atomic E-state index is 0.0563. The van der Waals surface area contributed by atoms with E-state index in [-0.39, 0.29) is 5.91 Å². The normalized spacial score (nSPS) is 10.6. The van der Waals surface area contributed by atoms with E-state index in [4.69, 9.17) is 0 Å². The molecule has 0 aliphatic carbocycles. The summed E-state index contributed by atoms with van der Waals surface area (Å²) < 4.78 is 1.95. The Balaban J connectivity index is 1.41. The third-order valence-electron chi connectivity index (χ3n) is 3.51. The Kier molecular flexibility index (Phi) is 5.21. The molecule has 0 saturated heterocycles. The summed E-state index contributed by atoms with van der Waals surface area (Å²) in [5.74, 6) is 0.0563. The summed E-state index contributed by atoms with van der Waals surface area (Å²) >= 11 is 1.55. The fraction of sp³-hybridized carbons (Fsp3) is 0.222. The average Bonchev–Trinajstić information content (AvgIpc) is 3.24. The molecule has 2 aromatic heterocycles. The first kappa shape index (κ1) is 15.5. The first-order valence-electron chi connectivity index (χ1n) is 7.70. The smallest absolute Gasteiger partial charge is 0.225 e. The molecular formula is C18H19N3OS. The summed E-state index contributed by atoms with van der Waals surface area (Å²) in [5.41, 5.74) is 1.31. The second-order valence-electron chi connectivity index (χ2n) is 5.32. The minimum Gasteiger partial charge on any atom is -0.356 e. The monoisotopic (exact) mass is 325 g/mol. The predicted molar refractivity (Wildman–Crippen MR) is 92.9 cm³/mol. The fourth-order valence-corrected chi connectivity index (χ4v) is 3.22. The molecule has 0 radical (unpaired) electrons. The molecule has 2 heterocycles. The van der Waals surface area contributed by atoms with E-state index in [0.29, 0.717) is 13.0 Å². The number of hydrogen-bond acceptors (Lipinski definition) is 3. The van der Waals surface area contributed by atoms with E-state index in [9.17, 15) is 4.79 Å². The molecule has 0 bridgehead atoms. The van der Waals surface area contributed by atoms with Gasteiger partial charge in [0.05, 0.1) is 6.42 Å². The Bertz CT molecular complexity index is 735. The van der Waals surface area contributed by atoms with Crippen LogP contribution in [0.4, 0.5) is 0 Å². The van der Waals surface area contributed by atoms with Gasteiger partial charge in [0.15, 0.2) is 5.13 Å². The first-order chi connectivity index (χ1) is 11.3. The molecule has 0 unspecified atom stereocenters. The zero-order valence-electron chi connectivity index (χ0n) is 12.8. The van der Waals surface area contributed by atoms with Gasteiger partial charge in [-0.1, -0.05) is 30.3 Å². The van der Waals surface area contributed by atoms with Crippen LogP contribution in [0.3, 0.4) is 0 Å². The Morgan fingerprint density at radius 2 is 1.91 bits per heavy atom. The third-order valence-corrected chi connectivity index (χ3v) is 4.52. The minimum absolute atomic E-state index is 0.0563. The van der Waals surface area contributed by atoms with Crippen molar-refractivity contribution in [3.63, 3.8) is 0 Å². The van der Waals surface area contributed by atoms with E-state index in [1.54, 1.807) is 17.5 Å². The molecule has 1 amide bonds. The largest absolute Gasteiger partial charge is 0.356 e. The molecule has 0 aliphatic heterocycles. The van der Waals surface area contributed by atoms with Crippen LogP contribution in [0.15, 0.2) is 61.1 Å². The number of carbonyl (C=O) groups excluding carboxylic acids is 1. The summed E-state index contributed by atoms with van der Waals surface area (Å²) in [6, 6.07) is 14.2. The quantitative estimate of drug-likeness (QED) is 0.678. The van der Waals surface area contributed by atoms with Crippen molar-refractivity contribution in [2.45, 2.75) is 19.3 Å². The lowest BCUT2D eigenvalue weighted by Gasteiger charge is -2.04. The summed E-state index contributed by atoms with van der Waals surface area (Å²) in [7, 11) is 0. The maximum absolute atomic E-state index is 12.0. The maximum Gasteiger partial charge on any atom is 0.225 e. The molecule has 118 valence electrons. The predicted octanol–water partition coefficient (Wildman–Crippen LogP) is 3.23. The standard InChI is InChI=1S/C18H19N3OS/c22-17(19-10-6-9-15-7-2-1-3-8-15)13-16-14-20-18(23-16)21-11-4-5-12-21/h1-5,7-8,11-12,14H,6,9-10,13H2,(H,19,22). The summed E-state index contributed by atoms with van der Waals surface area (Å²) in [4.78, 5) is 17.3. The molecule has 0 spiro atoms. The van der Waals surface area contributed by atoms with Crippen LogP contribution in [0, 0.1) is 0 Å². The van der Waals surface area contributed by atoms with E-state index in [0.717, 1.165) is 22.9 Å². The van der Waals surface area contributed by atoms with Gasteiger partial charge < -0.3 is 9.88 Å². The first-order valence-corrected chi connectivity index (χ1v) is 8.51. The van der Waals surface area contributed by atoms with E-state index in [2.05, 4.69) is 22.4 Å². The van der Waals surface area contributed by atoms with Gasteiger partial charge in [-0.2, -0.15) is 0 Å². The van der Waals surface area contributed by atoms with Crippen LogP contribution < -0.4 is 5.32 Å². The number of amides is 1. The number of aromatic nitrogens is 2. The number of aryl methyl sites for hydroxylation is 1. The van der Waals surface area contributed by atoms with Crippen molar-refractivity contribution in [2.75, 3.05) is 6.54 Å². The SMILES string of the molecule is O=C(Cc1cnc(-n2cccc2)s1)NCCCc1ccccc1. The molecule has 3 aromatic rings. The maximum atomic E-state index is 12.0. The van der Waals surface area contributed by atoms with Gasteiger partial charge in [0, 0.05) is 30.0 Å². The van der Waals surface area contributed by atoms with Gasteiger partial charge in [0.1, 0.15) is 0 Å². The molecule has 0 fully saturated rings. The van der Waals surface area contributed by atoms with E-state index in [1.165, 1.54) is 5.56 Å². The molecule has 1 N–H and O–H groups in total. The van der Waals surface area contributed by atoms with Crippen LogP contribution in [0.25, 0.3) is 5.13 Å².